The average molecular weight is 378 g/mol. The Kier molecular flexibility index (Phi) is 5.89. The largest absolute Gasteiger partial charge is 0.478 e. The van der Waals surface area contributed by atoms with E-state index in [9.17, 15) is 14.4 Å². The number of aromatic carboxylic acids is 1. The van der Waals surface area contributed by atoms with Gasteiger partial charge in [0.25, 0.3) is 0 Å². The van der Waals surface area contributed by atoms with Crippen LogP contribution in [0.2, 0.25) is 0 Å². The van der Waals surface area contributed by atoms with E-state index in [1.807, 2.05) is 30.3 Å². The van der Waals surface area contributed by atoms with Crippen molar-refractivity contribution in [2.24, 2.45) is 0 Å². The van der Waals surface area contributed by atoms with Crippen molar-refractivity contribution in [2.75, 3.05) is 6.54 Å². The second-order valence-electron chi connectivity index (χ2n) is 6.69. The molecule has 6 nitrogen and oxygen atoms in total. The van der Waals surface area contributed by atoms with Crippen LogP contribution in [0.5, 0.6) is 0 Å². The van der Waals surface area contributed by atoms with Crippen LogP contribution in [0, 0.1) is 0 Å². The van der Waals surface area contributed by atoms with E-state index in [2.05, 4.69) is 5.32 Å². The minimum atomic E-state index is -0.961. The highest BCUT2D eigenvalue weighted by molar-refractivity contribution is 5.87. The van der Waals surface area contributed by atoms with Crippen molar-refractivity contribution in [3.63, 3.8) is 0 Å². The number of hydrogen-bond acceptors (Lipinski definition) is 3. The Labute approximate surface area is 163 Å². The van der Waals surface area contributed by atoms with Crippen LogP contribution in [-0.2, 0) is 16.0 Å². The number of nitrogens with zero attached hydrogens (tertiary/aromatic N) is 1. The number of benzene rings is 2. The SMILES string of the molecule is CC(=O)N1C=Cc2ccccc2[C@H]1CC(=O)NCCc1ccc(C(=O)O)cc1. The van der Waals surface area contributed by atoms with Gasteiger partial charge < -0.3 is 15.3 Å². The summed E-state index contributed by atoms with van der Waals surface area (Å²) in [5, 5.41) is 11.8. The van der Waals surface area contributed by atoms with Gasteiger partial charge in [0.15, 0.2) is 0 Å². The van der Waals surface area contributed by atoms with E-state index in [4.69, 9.17) is 5.11 Å². The van der Waals surface area contributed by atoms with Gasteiger partial charge >= 0.3 is 5.97 Å². The van der Waals surface area contributed by atoms with Gasteiger partial charge in [-0.3, -0.25) is 9.59 Å². The molecule has 144 valence electrons. The Morgan fingerprint density at radius 2 is 1.79 bits per heavy atom. The van der Waals surface area contributed by atoms with Gasteiger partial charge in [-0.1, -0.05) is 36.4 Å². The summed E-state index contributed by atoms with van der Waals surface area (Å²) in [6, 6.07) is 14.0. The number of amides is 2. The molecular weight excluding hydrogens is 356 g/mol. The molecule has 6 heteroatoms. The molecule has 0 aromatic heterocycles. The van der Waals surface area contributed by atoms with Crippen LogP contribution >= 0.6 is 0 Å². The predicted molar refractivity (Wildman–Crippen MR) is 105 cm³/mol. The molecule has 1 heterocycles. The molecule has 0 unspecified atom stereocenters. The van der Waals surface area contributed by atoms with E-state index in [1.54, 1.807) is 35.4 Å². The predicted octanol–water partition coefficient (Wildman–Crippen LogP) is 3.01. The zero-order chi connectivity index (χ0) is 20.1. The summed E-state index contributed by atoms with van der Waals surface area (Å²) in [7, 11) is 0. The van der Waals surface area contributed by atoms with E-state index < -0.39 is 5.97 Å². The maximum atomic E-state index is 12.5. The van der Waals surface area contributed by atoms with E-state index in [0.717, 1.165) is 16.7 Å². The highest BCUT2D eigenvalue weighted by Crippen LogP contribution is 2.32. The number of carboxylic acid groups (broad SMARTS) is 1. The lowest BCUT2D eigenvalue weighted by molar-refractivity contribution is -0.129. The fourth-order valence-electron chi connectivity index (χ4n) is 3.32. The van der Waals surface area contributed by atoms with E-state index in [1.165, 1.54) is 6.92 Å². The van der Waals surface area contributed by atoms with Crippen LogP contribution in [0.4, 0.5) is 0 Å². The minimum absolute atomic E-state index is 0.109. The molecule has 28 heavy (non-hydrogen) atoms. The van der Waals surface area contributed by atoms with Gasteiger partial charge in [0.2, 0.25) is 11.8 Å². The molecule has 0 fully saturated rings. The van der Waals surface area contributed by atoms with Crippen LogP contribution < -0.4 is 5.32 Å². The summed E-state index contributed by atoms with van der Waals surface area (Å²) in [6.45, 7) is 1.93. The monoisotopic (exact) mass is 378 g/mol. The van der Waals surface area contributed by atoms with Crippen molar-refractivity contribution in [1.82, 2.24) is 10.2 Å². The summed E-state index contributed by atoms with van der Waals surface area (Å²) in [4.78, 5) is 36.9. The quantitative estimate of drug-likeness (QED) is 0.809. The summed E-state index contributed by atoms with van der Waals surface area (Å²) < 4.78 is 0. The normalized spacial score (nSPS) is 15.0. The molecule has 2 aromatic rings. The Bertz CT molecular complexity index is 918. The van der Waals surface area contributed by atoms with Gasteiger partial charge in [0, 0.05) is 19.7 Å². The smallest absolute Gasteiger partial charge is 0.335 e. The Hall–Kier alpha value is -3.41. The lowest BCUT2D eigenvalue weighted by Crippen LogP contribution is -2.35. The Balaban J connectivity index is 1.59. The molecule has 0 spiro atoms. The van der Waals surface area contributed by atoms with Crippen molar-refractivity contribution >= 4 is 23.9 Å². The topological polar surface area (TPSA) is 86.7 Å². The van der Waals surface area contributed by atoms with Gasteiger partial charge in [0.05, 0.1) is 18.0 Å². The summed E-state index contributed by atoms with van der Waals surface area (Å²) in [5.41, 5.74) is 3.15. The highest BCUT2D eigenvalue weighted by atomic mass is 16.4. The molecule has 0 bridgehead atoms. The minimum Gasteiger partial charge on any atom is -0.478 e. The molecule has 1 atom stereocenters. The fraction of sp³-hybridized carbons (Fsp3) is 0.227. The number of carbonyl (C=O) groups is 3. The third-order valence-corrected chi connectivity index (χ3v) is 4.78. The second kappa shape index (κ2) is 8.52. The van der Waals surface area contributed by atoms with E-state index in [-0.39, 0.29) is 29.8 Å². The van der Waals surface area contributed by atoms with Crippen molar-refractivity contribution in [2.45, 2.75) is 25.8 Å². The first-order valence-electron chi connectivity index (χ1n) is 9.10. The molecule has 0 saturated heterocycles. The van der Waals surface area contributed by atoms with Crippen LogP contribution in [0.3, 0.4) is 0 Å². The molecule has 1 aliphatic rings. The summed E-state index contributed by atoms with van der Waals surface area (Å²) in [6.07, 6.45) is 4.39. The maximum absolute atomic E-state index is 12.5. The zero-order valence-electron chi connectivity index (χ0n) is 15.6. The second-order valence-corrected chi connectivity index (χ2v) is 6.69. The molecule has 1 aliphatic heterocycles. The first-order valence-corrected chi connectivity index (χ1v) is 9.10. The van der Waals surface area contributed by atoms with Crippen LogP contribution in [0.15, 0.2) is 54.7 Å². The van der Waals surface area contributed by atoms with Crippen LogP contribution in [0.25, 0.3) is 6.08 Å². The molecule has 2 N–H and O–H groups in total. The third-order valence-electron chi connectivity index (χ3n) is 4.78. The third kappa shape index (κ3) is 4.46. The molecule has 0 saturated carbocycles. The van der Waals surface area contributed by atoms with Crippen molar-refractivity contribution < 1.29 is 19.5 Å². The molecule has 0 radical (unpaired) electrons. The molecule has 2 aromatic carbocycles. The maximum Gasteiger partial charge on any atom is 0.335 e. The molecular formula is C22H22N2O4. The summed E-state index contributed by atoms with van der Waals surface area (Å²) in [5.74, 6) is -1.21. The number of fused-ring (bicyclic) bond motifs is 1. The van der Waals surface area contributed by atoms with Crippen molar-refractivity contribution in [1.29, 1.82) is 0 Å². The number of carbonyl (C=O) groups excluding carboxylic acids is 2. The average Bonchev–Trinajstić information content (AvgIpc) is 2.68. The standard InChI is InChI=1S/C22H22N2O4/c1-15(25)24-13-11-17-4-2-3-5-19(17)20(24)14-21(26)23-12-10-16-6-8-18(9-7-16)22(27)28/h2-9,11,13,20H,10,12,14H2,1H3,(H,23,26)(H,27,28)/t20-/m1/s1. The van der Waals surface area contributed by atoms with Gasteiger partial charge in [-0.2, -0.15) is 0 Å². The van der Waals surface area contributed by atoms with E-state index >= 15 is 0 Å². The first kappa shape index (κ1) is 19.4. The number of hydrogen-bond donors (Lipinski definition) is 2. The van der Waals surface area contributed by atoms with Gasteiger partial charge in [0.1, 0.15) is 0 Å². The first-order chi connectivity index (χ1) is 13.5. The zero-order valence-corrected chi connectivity index (χ0v) is 15.6. The molecule has 2 amide bonds. The van der Waals surface area contributed by atoms with Crippen molar-refractivity contribution in [3.8, 4) is 0 Å². The van der Waals surface area contributed by atoms with Crippen molar-refractivity contribution in [3.05, 3.63) is 77.0 Å². The Morgan fingerprint density at radius 3 is 2.46 bits per heavy atom. The fourth-order valence-corrected chi connectivity index (χ4v) is 3.32. The number of nitrogens with one attached hydrogen (secondary N) is 1. The lowest BCUT2D eigenvalue weighted by Gasteiger charge is -2.32. The van der Waals surface area contributed by atoms with Crippen LogP contribution in [0.1, 0.15) is 46.4 Å². The summed E-state index contributed by atoms with van der Waals surface area (Å²) >= 11 is 0. The van der Waals surface area contributed by atoms with Crippen LogP contribution in [-0.4, -0.2) is 34.3 Å². The van der Waals surface area contributed by atoms with Gasteiger partial charge in [-0.25, -0.2) is 4.79 Å². The van der Waals surface area contributed by atoms with E-state index in [0.29, 0.717) is 13.0 Å². The molecule has 3 rings (SSSR count). The van der Waals surface area contributed by atoms with Gasteiger partial charge in [-0.05, 0) is 41.3 Å². The Morgan fingerprint density at radius 1 is 1.07 bits per heavy atom. The highest BCUT2D eigenvalue weighted by Gasteiger charge is 2.27. The number of carboxylic acids is 1. The van der Waals surface area contributed by atoms with Gasteiger partial charge in [-0.15, -0.1) is 0 Å². The number of rotatable bonds is 6. The lowest BCUT2D eigenvalue weighted by atomic mass is 9.93. The molecule has 0 aliphatic carbocycles.